The molecule has 0 atom stereocenters. The average Bonchev–Trinajstić information content (AvgIpc) is 3.05. The first-order valence-electron chi connectivity index (χ1n) is 5.92. The summed E-state index contributed by atoms with van der Waals surface area (Å²) >= 11 is 1.70. The van der Waals surface area contributed by atoms with Gasteiger partial charge in [-0.05, 0) is 22.4 Å². The summed E-state index contributed by atoms with van der Waals surface area (Å²) in [5.41, 5.74) is 3.12. The fourth-order valence-electron chi connectivity index (χ4n) is 2.06. The Labute approximate surface area is 115 Å². The molecule has 4 nitrogen and oxygen atoms in total. The first-order chi connectivity index (χ1) is 9.30. The molecule has 0 spiro atoms. The number of methoxy groups -OCH3 is 2. The Balaban J connectivity index is 2.00. The summed E-state index contributed by atoms with van der Waals surface area (Å²) in [5.74, 6) is 2.35. The minimum Gasteiger partial charge on any atom is -0.493 e. The van der Waals surface area contributed by atoms with E-state index in [4.69, 9.17) is 9.47 Å². The average molecular weight is 274 g/mol. The molecule has 0 bridgehead atoms. The molecule has 1 N–H and O–H groups in total. The van der Waals surface area contributed by atoms with Crippen molar-refractivity contribution >= 4 is 22.4 Å². The summed E-state index contributed by atoms with van der Waals surface area (Å²) in [7, 11) is 3.26. The molecule has 0 aliphatic carbocycles. The number of imidazole rings is 1. The zero-order valence-corrected chi connectivity index (χ0v) is 11.6. The van der Waals surface area contributed by atoms with Gasteiger partial charge in [-0.3, -0.25) is 0 Å². The number of rotatable bonds is 4. The maximum absolute atomic E-state index is 5.29. The van der Waals surface area contributed by atoms with Crippen LogP contribution in [0.1, 0.15) is 11.4 Å². The second-order valence-corrected chi connectivity index (χ2v) is 5.00. The van der Waals surface area contributed by atoms with Crippen molar-refractivity contribution in [1.29, 1.82) is 0 Å². The Morgan fingerprint density at radius 1 is 1.21 bits per heavy atom. The van der Waals surface area contributed by atoms with Crippen molar-refractivity contribution in [2.24, 2.45) is 0 Å². The Bertz CT molecular complexity index is 648. The van der Waals surface area contributed by atoms with Crippen LogP contribution in [0.2, 0.25) is 0 Å². The van der Waals surface area contributed by atoms with Crippen LogP contribution in [0.4, 0.5) is 0 Å². The van der Waals surface area contributed by atoms with E-state index >= 15 is 0 Å². The van der Waals surface area contributed by atoms with Gasteiger partial charge in [0, 0.05) is 18.6 Å². The Morgan fingerprint density at radius 2 is 2.00 bits per heavy atom. The molecule has 3 rings (SSSR count). The SMILES string of the molecule is COc1cc2nc(Cc3ccsc3)[nH]c2cc1OC. The third kappa shape index (κ3) is 2.29. The molecule has 0 fully saturated rings. The third-order valence-electron chi connectivity index (χ3n) is 2.99. The summed E-state index contributed by atoms with van der Waals surface area (Å²) in [6.45, 7) is 0. The molecule has 5 heteroatoms. The van der Waals surface area contributed by atoms with Gasteiger partial charge in [0.1, 0.15) is 5.82 Å². The first-order valence-corrected chi connectivity index (χ1v) is 6.86. The number of nitrogens with one attached hydrogen (secondary N) is 1. The maximum atomic E-state index is 5.29. The van der Waals surface area contributed by atoms with E-state index in [1.54, 1.807) is 25.6 Å². The molecule has 2 heterocycles. The van der Waals surface area contributed by atoms with Gasteiger partial charge in [-0.1, -0.05) is 0 Å². The zero-order valence-electron chi connectivity index (χ0n) is 10.8. The van der Waals surface area contributed by atoms with Gasteiger partial charge in [0.05, 0.1) is 25.3 Å². The number of hydrogen-bond donors (Lipinski definition) is 1. The fourth-order valence-corrected chi connectivity index (χ4v) is 2.73. The number of aromatic amines is 1. The molecule has 1 aromatic carbocycles. The Hall–Kier alpha value is -2.01. The zero-order chi connectivity index (χ0) is 13.2. The predicted molar refractivity (Wildman–Crippen MR) is 76.3 cm³/mol. The Morgan fingerprint density at radius 3 is 2.68 bits per heavy atom. The molecule has 0 aliphatic rings. The highest BCUT2D eigenvalue weighted by molar-refractivity contribution is 7.07. The molecule has 2 aromatic heterocycles. The second-order valence-electron chi connectivity index (χ2n) is 4.22. The number of H-pyrrole nitrogens is 1. The lowest BCUT2D eigenvalue weighted by atomic mass is 10.2. The second kappa shape index (κ2) is 4.93. The normalized spacial score (nSPS) is 10.8. The third-order valence-corrected chi connectivity index (χ3v) is 3.72. The number of fused-ring (bicyclic) bond motifs is 1. The van der Waals surface area contributed by atoms with Crippen LogP contribution >= 0.6 is 11.3 Å². The van der Waals surface area contributed by atoms with Crippen LogP contribution in [0.25, 0.3) is 11.0 Å². The van der Waals surface area contributed by atoms with Crippen LogP contribution < -0.4 is 9.47 Å². The van der Waals surface area contributed by atoms with E-state index in [-0.39, 0.29) is 0 Å². The minimum atomic E-state index is 0.698. The fraction of sp³-hybridized carbons (Fsp3) is 0.214. The highest BCUT2D eigenvalue weighted by Gasteiger charge is 2.10. The number of benzene rings is 1. The van der Waals surface area contributed by atoms with E-state index < -0.39 is 0 Å². The number of thiophene rings is 1. The van der Waals surface area contributed by atoms with Crippen molar-refractivity contribution in [1.82, 2.24) is 9.97 Å². The maximum Gasteiger partial charge on any atom is 0.163 e. The van der Waals surface area contributed by atoms with Crippen molar-refractivity contribution in [3.8, 4) is 11.5 Å². The van der Waals surface area contributed by atoms with Gasteiger partial charge in [-0.2, -0.15) is 11.3 Å². The largest absolute Gasteiger partial charge is 0.493 e. The number of aromatic nitrogens is 2. The van der Waals surface area contributed by atoms with E-state index in [0.717, 1.165) is 23.3 Å². The number of nitrogens with zero attached hydrogens (tertiary/aromatic N) is 1. The van der Waals surface area contributed by atoms with E-state index in [1.807, 2.05) is 12.1 Å². The molecule has 19 heavy (non-hydrogen) atoms. The minimum absolute atomic E-state index is 0.698. The van der Waals surface area contributed by atoms with Gasteiger partial charge in [-0.25, -0.2) is 4.98 Å². The molecule has 0 saturated carbocycles. The van der Waals surface area contributed by atoms with Gasteiger partial charge in [-0.15, -0.1) is 0 Å². The summed E-state index contributed by atoms with van der Waals surface area (Å²) in [6.07, 6.45) is 0.808. The van der Waals surface area contributed by atoms with Gasteiger partial charge < -0.3 is 14.5 Å². The summed E-state index contributed by atoms with van der Waals surface area (Å²) in [4.78, 5) is 7.90. The van der Waals surface area contributed by atoms with Crippen LogP contribution in [0, 0.1) is 0 Å². The first kappa shape index (κ1) is 12.0. The molecule has 0 unspecified atom stereocenters. The number of hydrogen-bond acceptors (Lipinski definition) is 4. The van der Waals surface area contributed by atoms with Crippen molar-refractivity contribution in [3.63, 3.8) is 0 Å². The van der Waals surface area contributed by atoms with Gasteiger partial charge in [0.15, 0.2) is 11.5 Å². The summed E-state index contributed by atoms with van der Waals surface area (Å²) in [5, 5.41) is 4.21. The lowest BCUT2D eigenvalue weighted by Crippen LogP contribution is -1.89. The predicted octanol–water partition coefficient (Wildman–Crippen LogP) is 3.23. The van der Waals surface area contributed by atoms with Crippen LogP contribution in [0.15, 0.2) is 29.0 Å². The van der Waals surface area contributed by atoms with E-state index in [0.29, 0.717) is 11.5 Å². The highest BCUT2D eigenvalue weighted by Crippen LogP contribution is 2.31. The topological polar surface area (TPSA) is 47.1 Å². The molecule has 0 saturated heterocycles. The van der Waals surface area contributed by atoms with Gasteiger partial charge >= 0.3 is 0 Å². The molecule has 3 aromatic rings. The molecule has 98 valence electrons. The summed E-state index contributed by atoms with van der Waals surface area (Å²) < 4.78 is 10.6. The molecular formula is C14H14N2O2S. The lowest BCUT2D eigenvalue weighted by Gasteiger charge is -2.06. The lowest BCUT2D eigenvalue weighted by molar-refractivity contribution is 0.356. The van der Waals surface area contributed by atoms with Crippen molar-refractivity contribution in [2.45, 2.75) is 6.42 Å². The molecule has 0 aliphatic heterocycles. The highest BCUT2D eigenvalue weighted by atomic mass is 32.1. The van der Waals surface area contributed by atoms with Crippen molar-refractivity contribution in [2.75, 3.05) is 14.2 Å². The monoisotopic (exact) mass is 274 g/mol. The molecular weight excluding hydrogens is 260 g/mol. The smallest absolute Gasteiger partial charge is 0.163 e. The van der Waals surface area contributed by atoms with Crippen LogP contribution in [0.3, 0.4) is 0 Å². The standard InChI is InChI=1S/C14H14N2O2S/c1-17-12-6-10-11(7-13(12)18-2)16-14(15-10)5-9-3-4-19-8-9/h3-4,6-8H,5H2,1-2H3,(H,15,16). The molecule has 0 amide bonds. The summed E-state index contributed by atoms with van der Waals surface area (Å²) in [6, 6.07) is 5.92. The molecule has 0 radical (unpaired) electrons. The van der Waals surface area contributed by atoms with E-state index in [1.165, 1.54) is 5.56 Å². The quantitative estimate of drug-likeness (QED) is 0.794. The van der Waals surface area contributed by atoms with Crippen LogP contribution in [-0.4, -0.2) is 24.2 Å². The van der Waals surface area contributed by atoms with E-state index in [2.05, 4.69) is 26.8 Å². The Kier molecular flexibility index (Phi) is 3.13. The van der Waals surface area contributed by atoms with Crippen molar-refractivity contribution in [3.05, 3.63) is 40.3 Å². The van der Waals surface area contributed by atoms with Crippen LogP contribution in [0.5, 0.6) is 11.5 Å². The number of ether oxygens (including phenoxy) is 2. The van der Waals surface area contributed by atoms with Crippen molar-refractivity contribution < 1.29 is 9.47 Å². The van der Waals surface area contributed by atoms with Gasteiger partial charge in [0.25, 0.3) is 0 Å². The van der Waals surface area contributed by atoms with Crippen LogP contribution in [-0.2, 0) is 6.42 Å². The van der Waals surface area contributed by atoms with Gasteiger partial charge in [0.2, 0.25) is 0 Å². The van der Waals surface area contributed by atoms with E-state index in [9.17, 15) is 0 Å².